The predicted molar refractivity (Wildman–Crippen MR) is 94.9 cm³/mol. The lowest BCUT2D eigenvalue weighted by Crippen LogP contribution is -2.41. The Morgan fingerprint density at radius 3 is 2.15 bits per heavy atom. The van der Waals surface area contributed by atoms with Crippen molar-refractivity contribution in [2.45, 2.75) is 25.7 Å². The van der Waals surface area contributed by atoms with Crippen LogP contribution in [0.1, 0.15) is 31.2 Å². The average Bonchev–Trinajstić information content (AvgIpc) is 2.87. The lowest BCUT2D eigenvalue weighted by Gasteiger charge is -2.27. The summed E-state index contributed by atoms with van der Waals surface area (Å²) in [5.41, 5.74) is 0.281. The van der Waals surface area contributed by atoms with Crippen molar-refractivity contribution >= 4 is 24.0 Å². The van der Waals surface area contributed by atoms with Crippen LogP contribution in [0.15, 0.2) is 35.9 Å². The molecule has 0 heterocycles. The summed E-state index contributed by atoms with van der Waals surface area (Å²) in [5.74, 6) is -2.07. The summed E-state index contributed by atoms with van der Waals surface area (Å²) >= 11 is 0. The number of methoxy groups -OCH3 is 3. The van der Waals surface area contributed by atoms with Crippen molar-refractivity contribution in [2.75, 3.05) is 21.3 Å². The fourth-order valence-electron chi connectivity index (χ4n) is 3.47. The maximum Gasteiger partial charge on any atom is 0.323 e. The molecule has 1 saturated carbocycles. The molecule has 2 rings (SSSR count). The number of hydrogen-bond donors (Lipinski definition) is 0. The highest BCUT2D eigenvalue weighted by Gasteiger charge is 2.51. The molecule has 6 nitrogen and oxygen atoms in total. The van der Waals surface area contributed by atoms with Gasteiger partial charge in [0.05, 0.1) is 27.2 Å². The maximum absolute atomic E-state index is 12.5. The topological polar surface area (TPSA) is 78.9 Å². The first kappa shape index (κ1) is 19.7. The van der Waals surface area contributed by atoms with Gasteiger partial charge in [-0.15, -0.1) is 0 Å². The van der Waals surface area contributed by atoms with Gasteiger partial charge >= 0.3 is 17.9 Å². The van der Waals surface area contributed by atoms with Gasteiger partial charge in [-0.25, -0.2) is 0 Å². The molecule has 26 heavy (non-hydrogen) atoms. The van der Waals surface area contributed by atoms with Crippen molar-refractivity contribution in [1.29, 1.82) is 0 Å². The lowest BCUT2D eigenvalue weighted by molar-refractivity contribution is -0.170. The first-order chi connectivity index (χ1) is 12.5. The summed E-state index contributed by atoms with van der Waals surface area (Å²) in [6.07, 6.45) is 2.97. The molecule has 1 atom stereocenters. The number of hydrogen-bond acceptors (Lipinski definition) is 6. The van der Waals surface area contributed by atoms with Gasteiger partial charge in [0.1, 0.15) is 0 Å². The van der Waals surface area contributed by atoms with Crippen LogP contribution >= 0.6 is 0 Å². The van der Waals surface area contributed by atoms with Gasteiger partial charge in [0, 0.05) is 0 Å². The Labute approximate surface area is 153 Å². The molecule has 0 aliphatic heterocycles. The van der Waals surface area contributed by atoms with E-state index in [2.05, 4.69) is 0 Å². The Kier molecular flexibility index (Phi) is 6.55. The smallest absolute Gasteiger partial charge is 0.323 e. The van der Waals surface area contributed by atoms with Gasteiger partial charge in [0.15, 0.2) is 5.41 Å². The molecular formula is C20H24O6. The van der Waals surface area contributed by atoms with Crippen molar-refractivity contribution < 1.29 is 28.6 Å². The zero-order valence-electron chi connectivity index (χ0n) is 15.3. The third kappa shape index (κ3) is 4.12. The highest BCUT2D eigenvalue weighted by Crippen LogP contribution is 2.42. The fraction of sp³-hybridized carbons (Fsp3) is 0.450. The summed E-state index contributed by atoms with van der Waals surface area (Å²) in [5, 5.41) is 0. The van der Waals surface area contributed by atoms with Gasteiger partial charge in [-0.2, -0.15) is 0 Å². The number of esters is 3. The zero-order chi connectivity index (χ0) is 19.2. The predicted octanol–water partition coefficient (Wildman–Crippen LogP) is 2.77. The SMILES string of the molecule is COC(=O)C1CCC(C(=O)OC)(C(=O)OC)C/C(=C\c2ccccc2)C1. The van der Waals surface area contributed by atoms with Crippen molar-refractivity contribution in [3.8, 4) is 0 Å². The van der Waals surface area contributed by atoms with E-state index in [0.29, 0.717) is 12.8 Å². The summed E-state index contributed by atoms with van der Waals surface area (Å²) in [4.78, 5) is 37.2. The van der Waals surface area contributed by atoms with E-state index >= 15 is 0 Å². The molecule has 0 N–H and O–H groups in total. The first-order valence-electron chi connectivity index (χ1n) is 8.46. The van der Waals surface area contributed by atoms with Gasteiger partial charge in [0.25, 0.3) is 0 Å². The van der Waals surface area contributed by atoms with Crippen LogP contribution < -0.4 is 0 Å². The normalized spacial score (nSPS) is 20.7. The minimum atomic E-state index is -1.45. The Morgan fingerprint density at radius 1 is 1.00 bits per heavy atom. The zero-order valence-corrected chi connectivity index (χ0v) is 15.3. The van der Waals surface area contributed by atoms with Crippen LogP contribution in [0.3, 0.4) is 0 Å². The minimum Gasteiger partial charge on any atom is -0.469 e. The summed E-state index contributed by atoms with van der Waals surface area (Å²) in [7, 11) is 3.83. The van der Waals surface area contributed by atoms with E-state index in [1.807, 2.05) is 36.4 Å². The third-order valence-corrected chi connectivity index (χ3v) is 4.81. The minimum absolute atomic E-state index is 0.148. The van der Waals surface area contributed by atoms with E-state index in [-0.39, 0.29) is 18.8 Å². The summed E-state index contributed by atoms with van der Waals surface area (Å²) < 4.78 is 14.7. The molecule has 1 aliphatic carbocycles. The average molecular weight is 360 g/mol. The van der Waals surface area contributed by atoms with Crippen LogP contribution in [0.4, 0.5) is 0 Å². The summed E-state index contributed by atoms with van der Waals surface area (Å²) in [6, 6.07) is 9.54. The maximum atomic E-state index is 12.5. The van der Waals surface area contributed by atoms with Gasteiger partial charge < -0.3 is 14.2 Å². The molecule has 0 aromatic heterocycles. The van der Waals surface area contributed by atoms with E-state index in [1.165, 1.54) is 21.3 Å². The van der Waals surface area contributed by atoms with Crippen LogP contribution in [-0.2, 0) is 28.6 Å². The largest absolute Gasteiger partial charge is 0.469 e. The third-order valence-electron chi connectivity index (χ3n) is 4.81. The number of benzene rings is 1. The number of carbonyl (C=O) groups is 3. The standard InChI is InChI=1S/C20H24O6/c1-24-17(21)16-9-10-20(18(22)25-2,19(23)26-3)13-15(12-16)11-14-7-5-4-6-8-14/h4-8,11,16H,9-10,12-13H2,1-3H3/b15-11-. The second kappa shape index (κ2) is 8.65. The Bertz CT molecular complexity index is 676. The van der Waals surface area contributed by atoms with Crippen molar-refractivity contribution in [3.63, 3.8) is 0 Å². The molecule has 140 valence electrons. The molecular weight excluding hydrogens is 336 g/mol. The second-order valence-electron chi connectivity index (χ2n) is 6.42. The van der Waals surface area contributed by atoms with Crippen LogP contribution in [0.2, 0.25) is 0 Å². The molecule has 0 spiro atoms. The second-order valence-corrected chi connectivity index (χ2v) is 6.42. The molecule has 1 aromatic rings. The summed E-state index contributed by atoms with van der Waals surface area (Å²) in [6.45, 7) is 0. The number of rotatable bonds is 4. The van der Waals surface area contributed by atoms with Crippen molar-refractivity contribution in [3.05, 3.63) is 41.5 Å². The molecule has 0 amide bonds. The highest BCUT2D eigenvalue weighted by atomic mass is 16.5. The van der Waals surface area contributed by atoms with Crippen LogP contribution in [0.25, 0.3) is 6.08 Å². The van der Waals surface area contributed by atoms with E-state index in [4.69, 9.17) is 14.2 Å². The van der Waals surface area contributed by atoms with E-state index in [9.17, 15) is 14.4 Å². The van der Waals surface area contributed by atoms with Gasteiger partial charge in [-0.05, 0) is 31.2 Å². The van der Waals surface area contributed by atoms with Gasteiger partial charge in [-0.1, -0.05) is 42.0 Å². The first-order valence-corrected chi connectivity index (χ1v) is 8.46. The Morgan fingerprint density at radius 2 is 1.62 bits per heavy atom. The number of ether oxygens (including phenoxy) is 3. The molecule has 6 heteroatoms. The van der Waals surface area contributed by atoms with Crippen molar-refractivity contribution in [1.82, 2.24) is 0 Å². The molecule has 1 fully saturated rings. The molecule has 0 radical (unpaired) electrons. The molecule has 0 bridgehead atoms. The quantitative estimate of drug-likeness (QED) is 0.356. The molecule has 1 aromatic carbocycles. The Balaban J connectivity index is 2.49. The highest BCUT2D eigenvalue weighted by molar-refractivity contribution is 6.00. The Hall–Kier alpha value is -2.63. The van der Waals surface area contributed by atoms with E-state index < -0.39 is 23.3 Å². The monoisotopic (exact) mass is 360 g/mol. The van der Waals surface area contributed by atoms with Gasteiger partial charge in [-0.3, -0.25) is 14.4 Å². The van der Waals surface area contributed by atoms with Crippen molar-refractivity contribution in [2.24, 2.45) is 11.3 Å². The number of allylic oxidation sites excluding steroid dienone is 1. The van der Waals surface area contributed by atoms with Gasteiger partial charge in [0.2, 0.25) is 0 Å². The van der Waals surface area contributed by atoms with E-state index in [0.717, 1.165) is 11.1 Å². The molecule has 1 aliphatic rings. The van der Waals surface area contributed by atoms with Crippen LogP contribution in [0.5, 0.6) is 0 Å². The van der Waals surface area contributed by atoms with Crippen LogP contribution in [0, 0.1) is 11.3 Å². The lowest BCUT2D eigenvalue weighted by atomic mass is 9.78. The molecule has 1 unspecified atom stereocenters. The number of carbonyl (C=O) groups excluding carboxylic acids is 3. The van der Waals surface area contributed by atoms with E-state index in [1.54, 1.807) is 0 Å². The fourth-order valence-corrected chi connectivity index (χ4v) is 3.47. The molecule has 0 saturated heterocycles. The van der Waals surface area contributed by atoms with Crippen LogP contribution in [-0.4, -0.2) is 39.2 Å².